The van der Waals surface area contributed by atoms with Gasteiger partial charge in [-0.2, -0.15) is 5.10 Å². The van der Waals surface area contributed by atoms with E-state index >= 15 is 0 Å². The van der Waals surface area contributed by atoms with Crippen LogP contribution in [0, 0.1) is 11.6 Å². The maximum absolute atomic E-state index is 14.4. The van der Waals surface area contributed by atoms with E-state index in [0.717, 1.165) is 5.56 Å². The summed E-state index contributed by atoms with van der Waals surface area (Å²) in [7, 11) is 0. The summed E-state index contributed by atoms with van der Waals surface area (Å²) in [6, 6.07) is 11.4. The summed E-state index contributed by atoms with van der Waals surface area (Å²) in [5.41, 5.74) is 7.80. The lowest BCUT2D eigenvalue weighted by atomic mass is 10.1. The summed E-state index contributed by atoms with van der Waals surface area (Å²) in [4.78, 5) is 13.1. The van der Waals surface area contributed by atoms with E-state index in [4.69, 9.17) is 5.73 Å². The maximum Gasteiger partial charge on any atom is 0.246 e. The lowest BCUT2D eigenvalue weighted by molar-refractivity contribution is -0.117. The number of carbonyl (C=O) groups excluding carboxylic acids is 1. The fraction of sp³-hybridized carbons (Fsp3) is 0.0476. The molecule has 1 amide bonds. The standard InChI is InChI=1S/C21H16F2N4OS/c22-13-6-3-12(4-7-13)5-8-16-14-10-18(15(23)11-17(14)27-26-16)25-21(28)20(24)19-2-1-9-29-19/h1-11,20H,24H2,(H,25,28)(H,26,27)/t20-/m1/s1. The molecule has 0 saturated carbocycles. The van der Waals surface area contributed by atoms with Gasteiger partial charge in [-0.15, -0.1) is 11.3 Å². The van der Waals surface area contributed by atoms with E-state index in [1.165, 1.54) is 35.6 Å². The number of amides is 1. The predicted octanol–water partition coefficient (Wildman–Crippen LogP) is 4.71. The highest BCUT2D eigenvalue weighted by Crippen LogP contribution is 2.26. The Bertz CT molecular complexity index is 1180. The van der Waals surface area contributed by atoms with E-state index in [2.05, 4.69) is 15.5 Å². The first-order chi connectivity index (χ1) is 14.0. The van der Waals surface area contributed by atoms with Crippen LogP contribution in [0.1, 0.15) is 22.2 Å². The number of H-pyrrole nitrogens is 1. The summed E-state index contributed by atoms with van der Waals surface area (Å²) in [6.45, 7) is 0. The van der Waals surface area contributed by atoms with Crippen LogP contribution in [0.25, 0.3) is 23.1 Å². The average Bonchev–Trinajstić information content (AvgIpc) is 3.37. The molecule has 8 heteroatoms. The van der Waals surface area contributed by atoms with Crippen LogP contribution >= 0.6 is 11.3 Å². The lowest BCUT2D eigenvalue weighted by Gasteiger charge is -2.11. The summed E-state index contributed by atoms with van der Waals surface area (Å²) in [5, 5.41) is 11.9. The van der Waals surface area contributed by atoms with Gasteiger partial charge in [-0.3, -0.25) is 9.89 Å². The number of thiophene rings is 1. The molecule has 5 nitrogen and oxygen atoms in total. The molecule has 0 saturated heterocycles. The normalized spacial score (nSPS) is 12.5. The number of aromatic nitrogens is 2. The van der Waals surface area contributed by atoms with Gasteiger partial charge in [0.05, 0.1) is 16.9 Å². The Morgan fingerprint density at radius 1 is 1.17 bits per heavy atom. The SMILES string of the molecule is N[C@@H](C(=O)Nc1cc2c(C=Cc3ccc(F)cc3)n[nH]c2cc1F)c1cccs1. The molecule has 0 radical (unpaired) electrons. The van der Waals surface area contributed by atoms with Crippen LogP contribution in [0.2, 0.25) is 0 Å². The first-order valence-corrected chi connectivity index (χ1v) is 9.60. The number of nitrogens with two attached hydrogens (primary N) is 1. The molecule has 29 heavy (non-hydrogen) atoms. The monoisotopic (exact) mass is 410 g/mol. The molecule has 2 heterocycles. The van der Waals surface area contributed by atoms with Crippen molar-refractivity contribution in [3.05, 3.63) is 81.7 Å². The minimum absolute atomic E-state index is 0.0207. The number of anilines is 1. The number of rotatable bonds is 5. The number of nitrogens with zero attached hydrogens (tertiary/aromatic N) is 1. The van der Waals surface area contributed by atoms with E-state index < -0.39 is 17.8 Å². The molecule has 0 unspecified atom stereocenters. The van der Waals surface area contributed by atoms with Crippen LogP contribution in [0.4, 0.5) is 14.5 Å². The van der Waals surface area contributed by atoms with Crippen molar-refractivity contribution in [1.29, 1.82) is 0 Å². The minimum Gasteiger partial charge on any atom is -0.322 e. The Balaban J connectivity index is 1.60. The second-order valence-electron chi connectivity index (χ2n) is 6.35. The summed E-state index contributed by atoms with van der Waals surface area (Å²) in [6.07, 6.45) is 3.50. The Morgan fingerprint density at radius 3 is 2.69 bits per heavy atom. The third-order valence-corrected chi connectivity index (χ3v) is 5.33. The first-order valence-electron chi connectivity index (χ1n) is 8.72. The van der Waals surface area contributed by atoms with Gasteiger partial charge in [0, 0.05) is 16.3 Å². The van der Waals surface area contributed by atoms with Crippen molar-refractivity contribution in [2.45, 2.75) is 6.04 Å². The molecule has 0 fully saturated rings. The topological polar surface area (TPSA) is 83.8 Å². The van der Waals surface area contributed by atoms with Crippen molar-refractivity contribution in [3.8, 4) is 0 Å². The number of aromatic amines is 1. The quantitative estimate of drug-likeness (QED) is 0.445. The first kappa shape index (κ1) is 19.0. The van der Waals surface area contributed by atoms with Gasteiger partial charge in [0.25, 0.3) is 0 Å². The van der Waals surface area contributed by atoms with Crippen LogP contribution < -0.4 is 11.1 Å². The van der Waals surface area contributed by atoms with Gasteiger partial charge in [-0.05, 0) is 41.3 Å². The van der Waals surface area contributed by atoms with Crippen molar-refractivity contribution in [2.24, 2.45) is 5.73 Å². The van der Waals surface area contributed by atoms with Gasteiger partial charge >= 0.3 is 0 Å². The van der Waals surface area contributed by atoms with Crippen molar-refractivity contribution in [1.82, 2.24) is 10.2 Å². The number of hydrogen-bond donors (Lipinski definition) is 3. The molecule has 0 aliphatic rings. The number of fused-ring (bicyclic) bond motifs is 1. The van der Waals surface area contributed by atoms with E-state index in [1.807, 2.05) is 5.38 Å². The van der Waals surface area contributed by atoms with Crippen molar-refractivity contribution < 1.29 is 13.6 Å². The third-order valence-electron chi connectivity index (χ3n) is 4.37. The van der Waals surface area contributed by atoms with Crippen LogP contribution in [0.15, 0.2) is 53.9 Å². The molecule has 2 aromatic heterocycles. The molecule has 0 aliphatic heterocycles. The highest BCUT2D eigenvalue weighted by atomic mass is 32.1. The smallest absolute Gasteiger partial charge is 0.246 e. The molecule has 4 aromatic rings. The third kappa shape index (κ3) is 4.08. The second kappa shape index (κ2) is 7.94. The minimum atomic E-state index is -0.882. The Kier molecular flexibility index (Phi) is 5.20. The summed E-state index contributed by atoms with van der Waals surface area (Å²) >= 11 is 1.36. The van der Waals surface area contributed by atoms with Crippen LogP contribution in [-0.2, 0) is 4.79 Å². The molecule has 1 atom stereocenters. The van der Waals surface area contributed by atoms with E-state index in [0.29, 0.717) is 21.5 Å². The van der Waals surface area contributed by atoms with Gasteiger partial charge in [0.2, 0.25) is 5.91 Å². The van der Waals surface area contributed by atoms with Gasteiger partial charge in [-0.25, -0.2) is 8.78 Å². The van der Waals surface area contributed by atoms with Crippen LogP contribution in [-0.4, -0.2) is 16.1 Å². The number of halogens is 2. The average molecular weight is 410 g/mol. The maximum atomic E-state index is 14.4. The molecule has 2 aromatic carbocycles. The fourth-order valence-electron chi connectivity index (χ4n) is 2.84. The Labute approximate surface area is 168 Å². The molecule has 4 rings (SSSR count). The van der Waals surface area contributed by atoms with Crippen molar-refractivity contribution in [2.75, 3.05) is 5.32 Å². The van der Waals surface area contributed by atoms with E-state index in [-0.39, 0.29) is 11.5 Å². The van der Waals surface area contributed by atoms with Gasteiger partial charge < -0.3 is 11.1 Å². The lowest BCUT2D eigenvalue weighted by Crippen LogP contribution is -2.27. The highest BCUT2D eigenvalue weighted by molar-refractivity contribution is 7.10. The predicted molar refractivity (Wildman–Crippen MR) is 111 cm³/mol. The molecular weight excluding hydrogens is 394 g/mol. The van der Waals surface area contributed by atoms with Crippen molar-refractivity contribution >= 4 is 46.0 Å². The largest absolute Gasteiger partial charge is 0.322 e. The number of nitrogens with one attached hydrogen (secondary N) is 2. The molecule has 0 spiro atoms. The number of hydrogen-bond acceptors (Lipinski definition) is 4. The van der Waals surface area contributed by atoms with Crippen molar-refractivity contribution in [3.63, 3.8) is 0 Å². The van der Waals surface area contributed by atoms with Crippen LogP contribution in [0.3, 0.4) is 0 Å². The zero-order valence-corrected chi connectivity index (χ0v) is 15.8. The van der Waals surface area contributed by atoms with Gasteiger partial charge in [0.1, 0.15) is 17.7 Å². The fourth-order valence-corrected chi connectivity index (χ4v) is 3.56. The van der Waals surface area contributed by atoms with Crippen LogP contribution in [0.5, 0.6) is 0 Å². The number of benzene rings is 2. The van der Waals surface area contributed by atoms with E-state index in [9.17, 15) is 13.6 Å². The molecule has 146 valence electrons. The molecule has 0 bridgehead atoms. The van der Waals surface area contributed by atoms with E-state index in [1.54, 1.807) is 36.4 Å². The molecule has 4 N–H and O–H groups in total. The highest BCUT2D eigenvalue weighted by Gasteiger charge is 2.19. The second-order valence-corrected chi connectivity index (χ2v) is 7.33. The summed E-state index contributed by atoms with van der Waals surface area (Å²) in [5.74, 6) is -1.41. The van der Waals surface area contributed by atoms with Gasteiger partial charge in [0.15, 0.2) is 0 Å². The van der Waals surface area contributed by atoms with Gasteiger partial charge in [-0.1, -0.05) is 24.3 Å². The Morgan fingerprint density at radius 2 is 1.97 bits per heavy atom. The molecular formula is C21H16F2N4OS. The Hall–Kier alpha value is -3.36. The zero-order valence-electron chi connectivity index (χ0n) is 15.0. The zero-order chi connectivity index (χ0) is 20.4. The summed E-state index contributed by atoms with van der Waals surface area (Å²) < 4.78 is 27.5. The number of carbonyl (C=O) groups is 1. The molecule has 0 aliphatic carbocycles.